The molecule has 0 spiro atoms. The number of benzene rings is 1. The Morgan fingerprint density at radius 1 is 1.15 bits per heavy atom. The SMILES string of the molecule is COc1cc(CNC(=O)NC(C)(C)C)c(OC)cc1C. The van der Waals surface area contributed by atoms with E-state index in [0.29, 0.717) is 6.54 Å². The van der Waals surface area contributed by atoms with Crippen LogP contribution in [0.3, 0.4) is 0 Å². The molecule has 0 aliphatic rings. The molecule has 0 saturated carbocycles. The van der Waals surface area contributed by atoms with Gasteiger partial charge in [0.25, 0.3) is 0 Å². The van der Waals surface area contributed by atoms with Gasteiger partial charge in [-0.25, -0.2) is 4.79 Å². The Labute approximate surface area is 120 Å². The largest absolute Gasteiger partial charge is 0.496 e. The molecule has 0 bridgehead atoms. The van der Waals surface area contributed by atoms with E-state index in [1.807, 2.05) is 39.8 Å². The van der Waals surface area contributed by atoms with Crippen molar-refractivity contribution in [2.75, 3.05) is 14.2 Å². The highest BCUT2D eigenvalue weighted by atomic mass is 16.5. The number of methoxy groups -OCH3 is 2. The minimum Gasteiger partial charge on any atom is -0.496 e. The van der Waals surface area contributed by atoms with Gasteiger partial charge in [0.2, 0.25) is 0 Å². The average Bonchev–Trinajstić information content (AvgIpc) is 2.34. The molecule has 0 fully saturated rings. The molecule has 0 unspecified atom stereocenters. The first kappa shape index (κ1) is 16.1. The Morgan fingerprint density at radius 3 is 2.25 bits per heavy atom. The molecular weight excluding hydrogens is 256 g/mol. The third kappa shape index (κ3) is 4.64. The number of hydrogen-bond acceptors (Lipinski definition) is 3. The van der Waals surface area contributed by atoms with Crippen LogP contribution in [0.4, 0.5) is 4.79 Å². The topological polar surface area (TPSA) is 59.6 Å². The summed E-state index contributed by atoms with van der Waals surface area (Å²) in [6, 6.07) is 3.57. The summed E-state index contributed by atoms with van der Waals surface area (Å²) < 4.78 is 10.6. The summed E-state index contributed by atoms with van der Waals surface area (Å²) in [4.78, 5) is 11.8. The second-order valence-electron chi connectivity index (χ2n) is 5.69. The minimum absolute atomic E-state index is 0.209. The Morgan fingerprint density at radius 2 is 1.75 bits per heavy atom. The lowest BCUT2D eigenvalue weighted by Crippen LogP contribution is -2.46. The molecule has 1 rings (SSSR count). The lowest BCUT2D eigenvalue weighted by Gasteiger charge is -2.21. The van der Waals surface area contributed by atoms with Gasteiger partial charge >= 0.3 is 6.03 Å². The van der Waals surface area contributed by atoms with Crippen LogP contribution in [0.1, 0.15) is 31.9 Å². The number of amides is 2. The number of carbonyl (C=O) groups is 1. The Bertz CT molecular complexity index is 479. The Hall–Kier alpha value is -1.91. The Balaban J connectivity index is 2.79. The number of hydrogen-bond donors (Lipinski definition) is 2. The summed E-state index contributed by atoms with van der Waals surface area (Å²) in [6.07, 6.45) is 0. The van der Waals surface area contributed by atoms with E-state index in [4.69, 9.17) is 9.47 Å². The molecule has 0 saturated heterocycles. The monoisotopic (exact) mass is 280 g/mol. The highest BCUT2D eigenvalue weighted by Gasteiger charge is 2.14. The van der Waals surface area contributed by atoms with Crippen molar-refractivity contribution in [1.82, 2.24) is 10.6 Å². The molecule has 112 valence electrons. The van der Waals surface area contributed by atoms with Crippen molar-refractivity contribution >= 4 is 6.03 Å². The number of nitrogens with one attached hydrogen (secondary N) is 2. The molecule has 1 aromatic rings. The van der Waals surface area contributed by atoms with Crippen LogP contribution >= 0.6 is 0 Å². The van der Waals surface area contributed by atoms with Gasteiger partial charge < -0.3 is 20.1 Å². The molecule has 0 atom stereocenters. The molecular formula is C15H24N2O3. The van der Waals surface area contributed by atoms with Crippen molar-refractivity contribution < 1.29 is 14.3 Å². The Kier molecular flexibility index (Phi) is 5.25. The maximum Gasteiger partial charge on any atom is 0.315 e. The number of aryl methyl sites for hydroxylation is 1. The number of rotatable bonds is 4. The van der Waals surface area contributed by atoms with Crippen LogP contribution in [0.25, 0.3) is 0 Å². The quantitative estimate of drug-likeness (QED) is 0.891. The summed E-state index contributed by atoms with van der Waals surface area (Å²) in [6.45, 7) is 8.12. The fraction of sp³-hybridized carbons (Fsp3) is 0.533. The van der Waals surface area contributed by atoms with Gasteiger partial charge in [-0.05, 0) is 45.4 Å². The van der Waals surface area contributed by atoms with Crippen LogP contribution in [0.15, 0.2) is 12.1 Å². The molecule has 0 heterocycles. The molecule has 5 nitrogen and oxygen atoms in total. The third-order valence-electron chi connectivity index (χ3n) is 2.73. The fourth-order valence-corrected chi connectivity index (χ4v) is 1.81. The minimum atomic E-state index is -0.265. The predicted molar refractivity (Wildman–Crippen MR) is 79.4 cm³/mol. The van der Waals surface area contributed by atoms with Crippen molar-refractivity contribution in [2.45, 2.75) is 39.8 Å². The summed E-state index contributed by atoms with van der Waals surface area (Å²) in [5.41, 5.74) is 1.60. The average molecular weight is 280 g/mol. The van der Waals surface area contributed by atoms with Crippen molar-refractivity contribution in [3.63, 3.8) is 0 Å². The molecule has 0 aromatic heterocycles. The molecule has 2 N–H and O–H groups in total. The highest BCUT2D eigenvalue weighted by Crippen LogP contribution is 2.28. The maximum atomic E-state index is 11.8. The molecule has 0 aliphatic carbocycles. The summed E-state index contributed by atoms with van der Waals surface area (Å²) in [5.74, 6) is 1.51. The van der Waals surface area contributed by atoms with Crippen molar-refractivity contribution in [3.05, 3.63) is 23.3 Å². The third-order valence-corrected chi connectivity index (χ3v) is 2.73. The summed E-state index contributed by atoms with van der Waals surface area (Å²) in [5, 5.41) is 5.66. The van der Waals surface area contributed by atoms with Gasteiger partial charge in [0.15, 0.2) is 0 Å². The number of urea groups is 1. The van der Waals surface area contributed by atoms with Crippen LogP contribution in [-0.2, 0) is 6.54 Å². The number of carbonyl (C=O) groups excluding carboxylic acids is 1. The standard InChI is InChI=1S/C15H24N2O3/c1-10-7-13(20-6)11(8-12(10)19-5)9-16-14(18)17-15(2,3)4/h7-8H,9H2,1-6H3,(H2,16,17,18). The van der Waals surface area contributed by atoms with Gasteiger partial charge in [0.1, 0.15) is 11.5 Å². The van der Waals surface area contributed by atoms with Crippen LogP contribution in [-0.4, -0.2) is 25.8 Å². The van der Waals surface area contributed by atoms with Crippen LogP contribution < -0.4 is 20.1 Å². The molecule has 0 aliphatic heterocycles. The zero-order valence-corrected chi connectivity index (χ0v) is 13.1. The smallest absolute Gasteiger partial charge is 0.315 e. The second-order valence-corrected chi connectivity index (χ2v) is 5.69. The first-order valence-corrected chi connectivity index (χ1v) is 6.54. The summed E-state index contributed by atoms with van der Waals surface area (Å²) in [7, 11) is 3.23. The van der Waals surface area contributed by atoms with Gasteiger partial charge in [0.05, 0.1) is 14.2 Å². The van der Waals surface area contributed by atoms with Gasteiger partial charge in [-0.15, -0.1) is 0 Å². The van der Waals surface area contributed by atoms with Crippen molar-refractivity contribution in [3.8, 4) is 11.5 Å². The fourth-order valence-electron chi connectivity index (χ4n) is 1.81. The van der Waals surface area contributed by atoms with Crippen molar-refractivity contribution in [1.29, 1.82) is 0 Å². The molecule has 1 aromatic carbocycles. The lowest BCUT2D eigenvalue weighted by molar-refractivity contribution is 0.231. The normalized spacial score (nSPS) is 10.9. The van der Waals surface area contributed by atoms with Crippen molar-refractivity contribution in [2.24, 2.45) is 0 Å². The van der Waals surface area contributed by atoms with E-state index in [1.165, 1.54) is 0 Å². The first-order valence-electron chi connectivity index (χ1n) is 6.54. The van der Waals surface area contributed by atoms with E-state index >= 15 is 0 Å². The maximum absolute atomic E-state index is 11.8. The molecule has 2 amide bonds. The van der Waals surface area contributed by atoms with Gasteiger partial charge in [-0.3, -0.25) is 0 Å². The van der Waals surface area contributed by atoms with Crippen LogP contribution in [0.2, 0.25) is 0 Å². The van der Waals surface area contributed by atoms with E-state index in [2.05, 4.69) is 10.6 Å². The first-order chi connectivity index (χ1) is 9.26. The van der Waals surface area contributed by atoms with Gasteiger partial charge in [-0.2, -0.15) is 0 Å². The van der Waals surface area contributed by atoms with Crippen LogP contribution in [0, 0.1) is 6.92 Å². The molecule has 20 heavy (non-hydrogen) atoms. The lowest BCUT2D eigenvalue weighted by atomic mass is 10.1. The van der Waals surface area contributed by atoms with E-state index in [0.717, 1.165) is 22.6 Å². The van der Waals surface area contributed by atoms with E-state index in [9.17, 15) is 4.79 Å². The zero-order valence-electron chi connectivity index (χ0n) is 13.1. The highest BCUT2D eigenvalue weighted by molar-refractivity contribution is 5.74. The number of ether oxygens (including phenoxy) is 2. The van der Waals surface area contributed by atoms with E-state index < -0.39 is 0 Å². The van der Waals surface area contributed by atoms with E-state index in [1.54, 1.807) is 14.2 Å². The molecule has 5 heteroatoms. The van der Waals surface area contributed by atoms with E-state index in [-0.39, 0.29) is 11.6 Å². The molecule has 0 radical (unpaired) electrons. The van der Waals surface area contributed by atoms with Gasteiger partial charge in [0, 0.05) is 17.6 Å². The van der Waals surface area contributed by atoms with Gasteiger partial charge in [-0.1, -0.05) is 0 Å². The second kappa shape index (κ2) is 6.50. The summed E-state index contributed by atoms with van der Waals surface area (Å²) >= 11 is 0. The predicted octanol–water partition coefficient (Wildman–Crippen LogP) is 2.61. The van der Waals surface area contributed by atoms with Crippen LogP contribution in [0.5, 0.6) is 11.5 Å². The zero-order chi connectivity index (χ0) is 15.3.